The lowest BCUT2D eigenvalue weighted by Gasteiger charge is -2.13. The number of aromatic nitrogens is 4. The van der Waals surface area contributed by atoms with Crippen LogP contribution in [-0.4, -0.2) is 41.0 Å². The van der Waals surface area contributed by atoms with Crippen LogP contribution in [-0.2, 0) is 10.0 Å². The molecule has 0 atom stereocenters. The van der Waals surface area contributed by atoms with E-state index in [1.54, 1.807) is 0 Å². The second-order valence-corrected chi connectivity index (χ2v) is 9.69. The van der Waals surface area contributed by atoms with Crippen molar-refractivity contribution in [3.05, 3.63) is 22.2 Å². The lowest BCUT2D eigenvalue weighted by molar-refractivity contribution is 0.150. The molecule has 4 rings (SSSR count). The zero-order chi connectivity index (χ0) is 20.3. The third-order valence-electron chi connectivity index (χ3n) is 4.36. The summed E-state index contributed by atoms with van der Waals surface area (Å²) < 4.78 is 60.3. The van der Waals surface area contributed by atoms with Crippen LogP contribution in [0.15, 0.2) is 17.0 Å². The smallest absolute Gasteiger partial charge is 0.291 e. The van der Waals surface area contributed by atoms with Gasteiger partial charge in [0.05, 0.1) is 27.9 Å². The van der Waals surface area contributed by atoms with Crippen molar-refractivity contribution in [2.75, 3.05) is 7.11 Å². The van der Waals surface area contributed by atoms with E-state index in [1.807, 2.05) is 6.92 Å². The quantitative estimate of drug-likeness (QED) is 0.619. The van der Waals surface area contributed by atoms with Crippen molar-refractivity contribution >= 4 is 43.9 Å². The van der Waals surface area contributed by atoms with E-state index >= 15 is 0 Å². The largest absolute Gasteiger partial charge is 0.479 e. The standard InChI is InChI=1S/C15H14ClF2N5O3S2/c1-15(3-4-15)22-28(24,25)7-5-8(16)10-9(6-7)23(21-12(10)26-2)14-20-19-13(27-14)11(17)18/h5-6,11,22H,3-4H2,1-2H3. The fourth-order valence-corrected chi connectivity index (χ4v) is 5.19. The van der Waals surface area contributed by atoms with Gasteiger partial charge < -0.3 is 4.74 Å². The molecule has 0 amide bonds. The molecule has 2 heterocycles. The predicted molar refractivity (Wildman–Crippen MR) is 99.0 cm³/mol. The van der Waals surface area contributed by atoms with Gasteiger partial charge in [-0.05, 0) is 31.9 Å². The van der Waals surface area contributed by atoms with Gasteiger partial charge in [0.2, 0.25) is 21.0 Å². The van der Waals surface area contributed by atoms with Crippen LogP contribution >= 0.6 is 22.9 Å². The fourth-order valence-electron chi connectivity index (χ4n) is 2.66. The molecule has 0 saturated heterocycles. The summed E-state index contributed by atoms with van der Waals surface area (Å²) in [6.45, 7) is 1.81. The maximum absolute atomic E-state index is 12.9. The topological polar surface area (TPSA) is 99.0 Å². The first-order valence-electron chi connectivity index (χ1n) is 8.06. The lowest BCUT2D eigenvalue weighted by atomic mass is 10.2. The van der Waals surface area contributed by atoms with E-state index in [2.05, 4.69) is 20.0 Å². The average molecular weight is 450 g/mol. The molecule has 1 aromatic carbocycles. The molecule has 150 valence electrons. The molecule has 8 nitrogen and oxygen atoms in total. The van der Waals surface area contributed by atoms with Gasteiger partial charge in [0.25, 0.3) is 6.43 Å². The van der Waals surface area contributed by atoms with Crippen LogP contribution in [0.5, 0.6) is 5.88 Å². The molecule has 28 heavy (non-hydrogen) atoms. The minimum Gasteiger partial charge on any atom is -0.479 e. The van der Waals surface area contributed by atoms with Crippen molar-refractivity contribution in [2.24, 2.45) is 0 Å². The van der Waals surface area contributed by atoms with Gasteiger partial charge in [0.15, 0.2) is 5.01 Å². The van der Waals surface area contributed by atoms with Crippen molar-refractivity contribution in [1.82, 2.24) is 24.7 Å². The number of sulfonamides is 1. The highest BCUT2D eigenvalue weighted by atomic mass is 35.5. The van der Waals surface area contributed by atoms with Crippen molar-refractivity contribution < 1.29 is 21.9 Å². The number of rotatable bonds is 6. The van der Waals surface area contributed by atoms with Crippen LogP contribution in [0.1, 0.15) is 31.2 Å². The molecule has 1 aliphatic rings. The Labute approximate surface area is 167 Å². The number of alkyl halides is 2. The number of hydrogen-bond acceptors (Lipinski definition) is 7. The predicted octanol–water partition coefficient (Wildman–Crippen LogP) is 3.31. The summed E-state index contributed by atoms with van der Waals surface area (Å²) in [5, 5.41) is 11.3. The average Bonchev–Trinajstić information content (AvgIpc) is 3.04. The Kier molecular flexibility index (Phi) is 4.56. The number of ether oxygens (including phenoxy) is 1. The first-order valence-corrected chi connectivity index (χ1v) is 10.7. The Morgan fingerprint density at radius 2 is 2.07 bits per heavy atom. The van der Waals surface area contributed by atoms with Gasteiger partial charge in [-0.15, -0.1) is 15.3 Å². The number of benzene rings is 1. The SMILES string of the molecule is COc1nn(-c2nnc(C(F)F)s2)c2cc(S(=O)(=O)NC3(C)CC3)cc(Cl)c12. The summed E-state index contributed by atoms with van der Waals surface area (Å²) >= 11 is 6.95. The van der Waals surface area contributed by atoms with Crippen LogP contribution in [0.25, 0.3) is 16.0 Å². The first kappa shape index (κ1) is 19.4. The second-order valence-electron chi connectivity index (χ2n) is 6.61. The zero-order valence-electron chi connectivity index (χ0n) is 14.6. The van der Waals surface area contributed by atoms with Crippen molar-refractivity contribution in [1.29, 1.82) is 0 Å². The minimum absolute atomic E-state index is 0.0383. The maximum Gasteiger partial charge on any atom is 0.291 e. The molecule has 1 saturated carbocycles. The molecule has 0 unspecified atom stereocenters. The van der Waals surface area contributed by atoms with Gasteiger partial charge in [-0.1, -0.05) is 22.9 Å². The van der Waals surface area contributed by atoms with Crippen LogP contribution in [0.4, 0.5) is 8.78 Å². The number of nitrogens with zero attached hydrogens (tertiary/aromatic N) is 4. The van der Waals surface area contributed by atoms with E-state index in [0.29, 0.717) is 16.7 Å². The monoisotopic (exact) mass is 449 g/mol. The highest BCUT2D eigenvalue weighted by Crippen LogP contribution is 2.39. The minimum atomic E-state index is -3.84. The summed E-state index contributed by atoms with van der Waals surface area (Å²) in [5.41, 5.74) is -0.216. The third-order valence-corrected chi connectivity index (χ3v) is 7.18. The first-order chi connectivity index (χ1) is 13.1. The third kappa shape index (κ3) is 3.34. The second kappa shape index (κ2) is 6.58. The van der Waals surface area contributed by atoms with E-state index < -0.39 is 27.0 Å². The van der Waals surface area contributed by atoms with Gasteiger partial charge in [-0.2, -0.15) is 0 Å². The number of halogens is 3. The zero-order valence-corrected chi connectivity index (χ0v) is 17.0. The van der Waals surface area contributed by atoms with Gasteiger partial charge in [0.1, 0.15) is 0 Å². The molecule has 1 aliphatic carbocycles. The molecule has 3 aromatic rings. The number of nitrogens with one attached hydrogen (secondary N) is 1. The fraction of sp³-hybridized carbons (Fsp3) is 0.400. The molecule has 0 radical (unpaired) electrons. The molecule has 13 heteroatoms. The van der Waals surface area contributed by atoms with Crippen LogP contribution < -0.4 is 9.46 Å². The normalized spacial score (nSPS) is 16.1. The molecule has 0 aliphatic heterocycles. The Morgan fingerprint density at radius 1 is 1.36 bits per heavy atom. The van der Waals surface area contributed by atoms with Gasteiger partial charge in [0, 0.05) is 5.54 Å². The molecular weight excluding hydrogens is 436 g/mol. The number of methoxy groups -OCH3 is 1. The molecule has 1 N–H and O–H groups in total. The van der Waals surface area contributed by atoms with Crippen molar-refractivity contribution in [3.8, 4) is 11.0 Å². The number of fused-ring (bicyclic) bond motifs is 1. The Balaban J connectivity index is 1.89. The Bertz CT molecular complexity index is 1170. The summed E-state index contributed by atoms with van der Waals surface area (Å²) in [7, 11) is -2.47. The van der Waals surface area contributed by atoms with Gasteiger partial charge in [-0.3, -0.25) is 0 Å². The number of hydrogen-bond donors (Lipinski definition) is 1. The molecule has 1 fully saturated rings. The maximum atomic E-state index is 12.9. The van der Waals surface area contributed by atoms with Gasteiger partial charge >= 0.3 is 0 Å². The molecule has 2 aromatic heterocycles. The van der Waals surface area contributed by atoms with Crippen LogP contribution in [0, 0.1) is 0 Å². The Morgan fingerprint density at radius 3 is 2.64 bits per heavy atom. The summed E-state index contributed by atoms with van der Waals surface area (Å²) in [5.74, 6) is 0.111. The molecule has 0 bridgehead atoms. The Hall–Kier alpha value is -1.89. The van der Waals surface area contributed by atoms with E-state index in [4.69, 9.17) is 16.3 Å². The highest BCUT2D eigenvalue weighted by molar-refractivity contribution is 7.89. The summed E-state index contributed by atoms with van der Waals surface area (Å²) in [4.78, 5) is -0.0690. The van der Waals surface area contributed by atoms with Crippen molar-refractivity contribution in [3.63, 3.8) is 0 Å². The highest BCUT2D eigenvalue weighted by Gasteiger charge is 2.41. The molecule has 0 spiro atoms. The van der Waals surface area contributed by atoms with E-state index in [9.17, 15) is 17.2 Å². The van der Waals surface area contributed by atoms with Crippen LogP contribution in [0.3, 0.4) is 0 Å². The van der Waals surface area contributed by atoms with E-state index in [1.165, 1.54) is 23.9 Å². The summed E-state index contributed by atoms with van der Waals surface area (Å²) in [6.07, 6.45) is -1.29. The van der Waals surface area contributed by atoms with E-state index in [-0.39, 0.29) is 26.4 Å². The molecular formula is C15H14ClF2N5O3S2. The summed E-state index contributed by atoms with van der Waals surface area (Å²) in [6, 6.07) is 2.66. The van der Waals surface area contributed by atoms with Crippen molar-refractivity contribution in [2.45, 2.75) is 36.6 Å². The van der Waals surface area contributed by atoms with E-state index in [0.717, 1.165) is 12.8 Å². The van der Waals surface area contributed by atoms with Crippen LogP contribution in [0.2, 0.25) is 5.02 Å². The van der Waals surface area contributed by atoms with Gasteiger partial charge in [-0.25, -0.2) is 26.6 Å². The lowest BCUT2D eigenvalue weighted by Crippen LogP contribution is -2.34.